The predicted molar refractivity (Wildman–Crippen MR) is 233 cm³/mol. The molecule has 0 fully saturated rings. The first-order valence-electron chi connectivity index (χ1n) is 22.9. The van der Waals surface area contributed by atoms with Gasteiger partial charge < -0.3 is 24.6 Å². The van der Waals surface area contributed by atoms with Crippen LogP contribution < -0.4 is 0 Å². The van der Waals surface area contributed by atoms with Gasteiger partial charge in [0.15, 0.2) is 0 Å². The summed E-state index contributed by atoms with van der Waals surface area (Å²) in [5, 5.41) is 19.2. The number of esters is 2. The molecule has 0 saturated carbocycles. The molecule has 0 aromatic rings. The third-order valence-electron chi connectivity index (χ3n) is 9.87. The monoisotopic (exact) mass is 829 g/mol. The third-order valence-corrected chi connectivity index (χ3v) is 10.8. The lowest BCUT2D eigenvalue weighted by Gasteiger charge is -2.20. The van der Waals surface area contributed by atoms with Crippen molar-refractivity contribution in [3.8, 4) is 0 Å². The van der Waals surface area contributed by atoms with Crippen LogP contribution in [0.4, 0.5) is 0 Å². The molecule has 0 amide bonds. The van der Waals surface area contributed by atoms with Gasteiger partial charge in [0.2, 0.25) is 0 Å². The average Bonchev–Trinajstić information content (AvgIpc) is 3.20. The van der Waals surface area contributed by atoms with Crippen LogP contribution in [0.3, 0.4) is 0 Å². The van der Waals surface area contributed by atoms with Gasteiger partial charge >= 0.3 is 19.8 Å². The molecule has 3 atom stereocenters. The van der Waals surface area contributed by atoms with E-state index in [1.165, 1.54) is 96.3 Å². The Balaban J connectivity index is 3.88. The lowest BCUT2D eigenvalue weighted by Crippen LogP contribution is -2.28. The van der Waals surface area contributed by atoms with Crippen LogP contribution in [0.5, 0.6) is 0 Å². The summed E-state index contributed by atoms with van der Waals surface area (Å²) in [5.74, 6) is -1.03. The molecule has 3 unspecified atom stereocenters. The van der Waals surface area contributed by atoms with E-state index in [9.17, 15) is 29.3 Å². The maximum absolute atomic E-state index is 12.4. The fraction of sp³-hybridized carbons (Fsp3) is 0.826. The maximum Gasteiger partial charge on any atom is 0.472 e. The second-order valence-electron chi connectivity index (χ2n) is 15.4. The van der Waals surface area contributed by atoms with E-state index < -0.39 is 58.4 Å². The molecular weight excluding hydrogens is 743 g/mol. The Labute approximate surface area is 348 Å². The van der Waals surface area contributed by atoms with Crippen LogP contribution in [-0.2, 0) is 32.7 Å². The highest BCUT2D eigenvalue weighted by atomic mass is 31.2. The lowest BCUT2D eigenvalue weighted by molar-refractivity contribution is -0.153. The van der Waals surface area contributed by atoms with Gasteiger partial charge in [-0.2, -0.15) is 0 Å². The Bertz CT molecular complexity index is 1050. The van der Waals surface area contributed by atoms with Crippen LogP contribution in [0, 0.1) is 0 Å². The van der Waals surface area contributed by atoms with E-state index in [-0.39, 0.29) is 12.8 Å². The molecule has 57 heavy (non-hydrogen) atoms. The van der Waals surface area contributed by atoms with E-state index in [2.05, 4.69) is 50.3 Å². The Morgan fingerprint density at radius 1 is 0.491 bits per heavy atom. The Morgan fingerprint density at radius 2 is 0.825 bits per heavy atom. The molecule has 0 rings (SSSR count). The lowest BCUT2D eigenvalue weighted by atomic mass is 10.0. The van der Waals surface area contributed by atoms with Crippen molar-refractivity contribution in [2.24, 2.45) is 0 Å². The van der Waals surface area contributed by atoms with Crippen molar-refractivity contribution < 1.29 is 47.8 Å². The molecule has 0 heterocycles. The van der Waals surface area contributed by atoms with Gasteiger partial charge in [0.05, 0.1) is 26.4 Å². The van der Waals surface area contributed by atoms with Gasteiger partial charge in [-0.05, 0) is 44.9 Å². The smallest absolute Gasteiger partial charge is 0.457 e. The highest BCUT2D eigenvalue weighted by molar-refractivity contribution is 7.47. The first-order valence-corrected chi connectivity index (χ1v) is 24.4. The molecule has 10 nitrogen and oxygen atoms in total. The molecule has 0 aromatic heterocycles. The molecule has 0 aliphatic carbocycles. The van der Waals surface area contributed by atoms with Gasteiger partial charge in [-0.1, -0.05) is 185 Å². The average molecular weight is 829 g/mol. The maximum atomic E-state index is 12.4. The normalized spacial score (nSPS) is 14.1. The fourth-order valence-corrected chi connectivity index (χ4v) is 7.15. The SMILES string of the molecule is CC/C=C\C/C=C\C/C=C\CCCCCCCC(=O)OC(CO)COP(=O)(O)OCC(CO)OC(=O)CCCCCCCCCCCCCCCCCCCCC. The zero-order chi connectivity index (χ0) is 41.9. The minimum absolute atomic E-state index is 0.173. The number of hydrogen-bond donors (Lipinski definition) is 3. The summed E-state index contributed by atoms with van der Waals surface area (Å²) in [4.78, 5) is 34.6. The van der Waals surface area contributed by atoms with Crippen LogP contribution in [0.15, 0.2) is 36.5 Å². The van der Waals surface area contributed by atoms with Crippen molar-refractivity contribution >= 4 is 19.8 Å². The molecule has 0 radical (unpaired) electrons. The van der Waals surface area contributed by atoms with E-state index in [1.807, 2.05) is 0 Å². The summed E-state index contributed by atoms with van der Waals surface area (Å²) < 4.78 is 32.6. The Hall–Kier alpha value is -1.81. The zero-order valence-corrected chi connectivity index (χ0v) is 37.2. The van der Waals surface area contributed by atoms with Crippen molar-refractivity contribution in [1.29, 1.82) is 0 Å². The molecule has 334 valence electrons. The molecule has 3 N–H and O–H groups in total. The number of rotatable bonds is 43. The predicted octanol–water partition coefficient (Wildman–Crippen LogP) is 12.3. The molecule has 0 saturated heterocycles. The van der Waals surface area contributed by atoms with Crippen LogP contribution in [0.1, 0.15) is 206 Å². The molecule has 0 aliphatic heterocycles. The van der Waals surface area contributed by atoms with Gasteiger partial charge in [0.25, 0.3) is 0 Å². The van der Waals surface area contributed by atoms with E-state index in [0.29, 0.717) is 12.8 Å². The second-order valence-corrected chi connectivity index (χ2v) is 16.8. The minimum Gasteiger partial charge on any atom is -0.457 e. The number of carbonyl (C=O) groups is 2. The van der Waals surface area contributed by atoms with Crippen molar-refractivity contribution in [2.45, 2.75) is 219 Å². The number of phosphoric acid groups is 1. The number of unbranched alkanes of at least 4 members (excludes halogenated alkanes) is 23. The molecule has 11 heteroatoms. The topological polar surface area (TPSA) is 149 Å². The van der Waals surface area contributed by atoms with E-state index in [1.54, 1.807) is 0 Å². The molecule has 0 spiro atoms. The Kier molecular flexibility index (Phi) is 41.0. The summed E-state index contributed by atoms with van der Waals surface area (Å²) in [6, 6.07) is 0. The number of ether oxygens (including phenoxy) is 2. The Morgan fingerprint density at radius 3 is 1.19 bits per heavy atom. The van der Waals surface area contributed by atoms with Gasteiger partial charge in [0.1, 0.15) is 12.2 Å². The van der Waals surface area contributed by atoms with E-state index >= 15 is 0 Å². The van der Waals surface area contributed by atoms with Gasteiger partial charge in [0, 0.05) is 12.8 Å². The molecular formula is C46H85O10P. The second kappa shape index (κ2) is 42.3. The van der Waals surface area contributed by atoms with Crippen molar-refractivity contribution in [2.75, 3.05) is 26.4 Å². The van der Waals surface area contributed by atoms with Crippen LogP contribution in [-0.4, -0.2) is 65.7 Å². The summed E-state index contributed by atoms with van der Waals surface area (Å²) in [5.41, 5.74) is 0. The number of carbonyl (C=O) groups excluding carboxylic acids is 2. The van der Waals surface area contributed by atoms with Crippen molar-refractivity contribution in [1.82, 2.24) is 0 Å². The minimum atomic E-state index is -4.64. The van der Waals surface area contributed by atoms with Crippen molar-refractivity contribution in [3.05, 3.63) is 36.5 Å². The number of aliphatic hydroxyl groups is 2. The van der Waals surface area contributed by atoms with Gasteiger partial charge in [-0.15, -0.1) is 0 Å². The number of hydrogen-bond acceptors (Lipinski definition) is 9. The summed E-state index contributed by atoms with van der Waals surface area (Å²) in [6.07, 6.45) is 44.0. The highest BCUT2D eigenvalue weighted by Gasteiger charge is 2.27. The first kappa shape index (κ1) is 55.2. The summed E-state index contributed by atoms with van der Waals surface area (Å²) in [7, 11) is -4.64. The zero-order valence-electron chi connectivity index (χ0n) is 36.3. The van der Waals surface area contributed by atoms with Crippen molar-refractivity contribution in [3.63, 3.8) is 0 Å². The van der Waals surface area contributed by atoms with Crippen LogP contribution in [0.25, 0.3) is 0 Å². The molecule has 0 aromatic carbocycles. The largest absolute Gasteiger partial charge is 0.472 e. The van der Waals surface area contributed by atoms with Gasteiger partial charge in [-0.3, -0.25) is 18.6 Å². The standard InChI is InChI=1S/C46H85O10P/c1-3-5-7-9-11-13-15-17-19-20-21-22-24-26-28-30-32-34-36-38-46(50)56-44(40-48)42-54-57(51,52)53-41-43(39-47)55-45(49)37-35-33-31-29-27-25-23-18-16-14-12-10-8-6-4-2/h6,8,12,14,18,23,43-44,47-48H,3-5,7,9-11,13,15-17,19-22,24-42H2,1-2H3,(H,51,52)/b8-6-,14-12-,23-18-. The van der Waals surface area contributed by atoms with Crippen LogP contribution >= 0.6 is 7.82 Å². The first-order chi connectivity index (χ1) is 27.8. The molecule has 0 aliphatic rings. The van der Waals surface area contributed by atoms with Crippen LogP contribution in [0.2, 0.25) is 0 Å². The number of phosphoric ester groups is 1. The highest BCUT2D eigenvalue weighted by Crippen LogP contribution is 2.43. The number of allylic oxidation sites excluding steroid dienone is 6. The third kappa shape index (κ3) is 40.7. The quantitative estimate of drug-likeness (QED) is 0.0235. The van der Waals surface area contributed by atoms with E-state index in [4.69, 9.17) is 18.5 Å². The summed E-state index contributed by atoms with van der Waals surface area (Å²) in [6.45, 7) is 2.10. The fourth-order valence-electron chi connectivity index (χ4n) is 6.37. The molecule has 0 bridgehead atoms. The number of aliphatic hydroxyl groups excluding tert-OH is 2. The summed E-state index contributed by atoms with van der Waals surface area (Å²) >= 11 is 0. The van der Waals surface area contributed by atoms with Gasteiger partial charge in [-0.25, -0.2) is 4.57 Å². The van der Waals surface area contributed by atoms with E-state index in [0.717, 1.165) is 70.6 Å².